The summed E-state index contributed by atoms with van der Waals surface area (Å²) in [4.78, 5) is 45.4. The van der Waals surface area contributed by atoms with Crippen LogP contribution >= 0.6 is 23.2 Å². The highest BCUT2D eigenvalue weighted by molar-refractivity contribution is 6.44. The Morgan fingerprint density at radius 3 is 2.31 bits per heavy atom. The first-order valence-corrected chi connectivity index (χ1v) is 8.95. The van der Waals surface area contributed by atoms with Crippen molar-refractivity contribution in [1.82, 2.24) is 0 Å². The highest BCUT2D eigenvalue weighted by atomic mass is 35.5. The Balaban J connectivity index is 1.72. The van der Waals surface area contributed by atoms with Crippen molar-refractivity contribution < 1.29 is 24.0 Å². The average Bonchev–Trinajstić information content (AvgIpc) is 2.68. The van der Waals surface area contributed by atoms with Gasteiger partial charge in [0.2, 0.25) is 5.91 Å². The van der Waals surface area contributed by atoms with Crippen molar-refractivity contribution in [2.75, 3.05) is 17.2 Å². The number of non-ortho nitro benzene ring substituents is 1. The largest absolute Gasteiger partial charge is 0.456 e. The molecule has 0 aliphatic rings. The second-order valence-corrected chi connectivity index (χ2v) is 6.45. The third kappa shape index (κ3) is 7.05. The second kappa shape index (κ2) is 10.4. The number of nitro benzene ring substituents is 1. The van der Waals surface area contributed by atoms with Gasteiger partial charge in [-0.05, 0) is 24.3 Å². The van der Waals surface area contributed by atoms with Crippen molar-refractivity contribution in [1.29, 1.82) is 0 Å². The van der Waals surface area contributed by atoms with Gasteiger partial charge in [-0.25, -0.2) is 0 Å². The van der Waals surface area contributed by atoms with E-state index in [1.165, 1.54) is 30.3 Å². The molecule has 2 amide bonds. The summed E-state index contributed by atoms with van der Waals surface area (Å²) in [5.41, 5.74) is 0.526. The first kappa shape index (κ1) is 22.1. The van der Waals surface area contributed by atoms with Crippen LogP contribution in [0.15, 0.2) is 42.5 Å². The van der Waals surface area contributed by atoms with Gasteiger partial charge in [-0.3, -0.25) is 24.5 Å². The summed E-state index contributed by atoms with van der Waals surface area (Å²) in [7, 11) is 0. The van der Waals surface area contributed by atoms with E-state index < -0.39 is 29.3 Å². The fourth-order valence-electron chi connectivity index (χ4n) is 2.11. The maximum absolute atomic E-state index is 11.8. The number of anilines is 2. The lowest BCUT2D eigenvalue weighted by molar-refractivity contribution is -0.384. The SMILES string of the molecule is O=C(CCC(=O)OCC(=O)Nc1cccc(Cl)c1Cl)Nc1ccc([N+](=O)[O-])cc1. The molecule has 0 unspecified atom stereocenters. The van der Waals surface area contributed by atoms with Crippen LogP contribution in [0.3, 0.4) is 0 Å². The highest BCUT2D eigenvalue weighted by Gasteiger charge is 2.13. The van der Waals surface area contributed by atoms with Gasteiger partial charge in [-0.2, -0.15) is 0 Å². The maximum atomic E-state index is 11.8. The minimum Gasteiger partial charge on any atom is -0.456 e. The number of carbonyl (C=O) groups excluding carboxylic acids is 3. The molecule has 9 nitrogen and oxygen atoms in total. The summed E-state index contributed by atoms with van der Waals surface area (Å²) in [6, 6.07) is 9.93. The standard InChI is InChI=1S/C18H15Cl2N3O6/c19-13-2-1-3-14(18(13)20)22-16(25)10-29-17(26)9-8-15(24)21-11-4-6-12(7-5-11)23(27)28/h1-7H,8-10H2,(H,21,24)(H,22,25). The molecule has 0 aliphatic heterocycles. The fraction of sp³-hybridized carbons (Fsp3) is 0.167. The molecule has 11 heteroatoms. The van der Waals surface area contributed by atoms with Crippen molar-refractivity contribution in [2.24, 2.45) is 0 Å². The molecule has 0 bridgehead atoms. The molecule has 29 heavy (non-hydrogen) atoms. The van der Waals surface area contributed by atoms with Crippen molar-refractivity contribution in [3.63, 3.8) is 0 Å². The monoisotopic (exact) mass is 439 g/mol. The van der Waals surface area contributed by atoms with E-state index in [4.69, 9.17) is 27.9 Å². The molecule has 2 rings (SSSR count). The molecule has 0 fully saturated rings. The van der Waals surface area contributed by atoms with E-state index >= 15 is 0 Å². The lowest BCUT2D eigenvalue weighted by Gasteiger charge is -2.09. The Hall–Kier alpha value is -3.17. The van der Waals surface area contributed by atoms with E-state index in [0.717, 1.165) is 0 Å². The molecule has 0 atom stereocenters. The molecule has 2 aromatic rings. The number of hydrogen-bond donors (Lipinski definition) is 2. The smallest absolute Gasteiger partial charge is 0.306 e. The zero-order valence-electron chi connectivity index (χ0n) is 14.8. The van der Waals surface area contributed by atoms with E-state index in [1.54, 1.807) is 12.1 Å². The van der Waals surface area contributed by atoms with Gasteiger partial charge in [0.05, 0.1) is 27.1 Å². The zero-order chi connectivity index (χ0) is 21.4. The Morgan fingerprint density at radius 1 is 0.966 bits per heavy atom. The number of ether oxygens (including phenoxy) is 1. The highest BCUT2D eigenvalue weighted by Crippen LogP contribution is 2.29. The number of benzene rings is 2. The Labute approximate surface area is 175 Å². The third-order valence-corrected chi connectivity index (χ3v) is 4.33. The first-order chi connectivity index (χ1) is 13.8. The number of nitro groups is 1. The van der Waals surface area contributed by atoms with Gasteiger partial charge in [0, 0.05) is 24.2 Å². The van der Waals surface area contributed by atoms with Crippen LogP contribution in [0.5, 0.6) is 0 Å². The van der Waals surface area contributed by atoms with Crippen molar-refractivity contribution in [3.8, 4) is 0 Å². The predicted molar refractivity (Wildman–Crippen MR) is 107 cm³/mol. The van der Waals surface area contributed by atoms with Gasteiger partial charge in [0.1, 0.15) is 0 Å². The van der Waals surface area contributed by atoms with Crippen LogP contribution in [0, 0.1) is 10.1 Å². The van der Waals surface area contributed by atoms with Crippen LogP contribution in [0.25, 0.3) is 0 Å². The van der Waals surface area contributed by atoms with E-state index in [1.807, 2.05) is 0 Å². The maximum Gasteiger partial charge on any atom is 0.306 e. The Kier molecular flexibility index (Phi) is 7.93. The van der Waals surface area contributed by atoms with Gasteiger partial charge < -0.3 is 15.4 Å². The number of rotatable bonds is 8. The predicted octanol–water partition coefficient (Wildman–Crippen LogP) is 3.80. The van der Waals surface area contributed by atoms with Gasteiger partial charge in [-0.1, -0.05) is 29.3 Å². The van der Waals surface area contributed by atoms with E-state index in [9.17, 15) is 24.5 Å². The van der Waals surface area contributed by atoms with Gasteiger partial charge in [0.15, 0.2) is 6.61 Å². The molecule has 0 aromatic heterocycles. The quantitative estimate of drug-likeness (QED) is 0.365. The number of nitrogens with zero attached hydrogens (tertiary/aromatic N) is 1. The number of amides is 2. The van der Waals surface area contributed by atoms with Crippen LogP contribution in [-0.2, 0) is 19.1 Å². The molecular formula is C18H15Cl2N3O6. The molecule has 0 aliphatic carbocycles. The second-order valence-electron chi connectivity index (χ2n) is 5.66. The molecule has 0 saturated heterocycles. The average molecular weight is 440 g/mol. The van der Waals surface area contributed by atoms with Gasteiger partial charge in [0.25, 0.3) is 11.6 Å². The van der Waals surface area contributed by atoms with Crippen molar-refractivity contribution >= 4 is 58.0 Å². The van der Waals surface area contributed by atoms with Gasteiger partial charge in [-0.15, -0.1) is 0 Å². The van der Waals surface area contributed by atoms with E-state index in [0.29, 0.717) is 5.69 Å². The first-order valence-electron chi connectivity index (χ1n) is 8.20. The van der Waals surface area contributed by atoms with Crippen molar-refractivity contribution in [3.05, 3.63) is 62.6 Å². The summed E-state index contributed by atoms with van der Waals surface area (Å²) < 4.78 is 4.81. The zero-order valence-corrected chi connectivity index (χ0v) is 16.3. The summed E-state index contributed by atoms with van der Waals surface area (Å²) in [6.45, 7) is -0.550. The topological polar surface area (TPSA) is 128 Å². The van der Waals surface area contributed by atoms with Crippen LogP contribution in [0.1, 0.15) is 12.8 Å². The molecule has 0 saturated carbocycles. The lowest BCUT2D eigenvalue weighted by Crippen LogP contribution is -2.22. The van der Waals surface area contributed by atoms with Crippen molar-refractivity contribution in [2.45, 2.75) is 12.8 Å². The molecule has 0 heterocycles. The van der Waals surface area contributed by atoms with Crippen LogP contribution in [0.2, 0.25) is 10.0 Å². The fourth-order valence-corrected chi connectivity index (χ4v) is 2.46. The van der Waals surface area contributed by atoms with Crippen LogP contribution < -0.4 is 10.6 Å². The number of nitrogens with one attached hydrogen (secondary N) is 2. The molecule has 152 valence electrons. The number of esters is 1. The van der Waals surface area contributed by atoms with E-state index in [-0.39, 0.29) is 34.3 Å². The van der Waals surface area contributed by atoms with Gasteiger partial charge >= 0.3 is 5.97 Å². The summed E-state index contributed by atoms with van der Waals surface area (Å²) >= 11 is 11.8. The summed E-state index contributed by atoms with van der Waals surface area (Å²) in [6.07, 6.45) is -0.429. The third-order valence-electron chi connectivity index (χ3n) is 3.51. The number of hydrogen-bond acceptors (Lipinski definition) is 6. The normalized spacial score (nSPS) is 10.1. The minimum absolute atomic E-state index is 0.107. The molecule has 2 N–H and O–H groups in total. The molecular weight excluding hydrogens is 425 g/mol. The van der Waals surface area contributed by atoms with Crippen LogP contribution in [0.4, 0.5) is 17.1 Å². The number of carbonyl (C=O) groups is 3. The Bertz CT molecular complexity index is 934. The van der Waals surface area contributed by atoms with E-state index in [2.05, 4.69) is 10.6 Å². The molecule has 2 aromatic carbocycles. The lowest BCUT2D eigenvalue weighted by atomic mass is 10.2. The summed E-state index contributed by atoms with van der Waals surface area (Å²) in [5.74, 6) is -1.83. The molecule has 0 spiro atoms. The Morgan fingerprint density at radius 2 is 1.66 bits per heavy atom. The minimum atomic E-state index is -0.740. The van der Waals surface area contributed by atoms with Crippen LogP contribution in [-0.4, -0.2) is 29.3 Å². The molecule has 0 radical (unpaired) electrons. The number of halogens is 2. The summed E-state index contributed by atoms with van der Waals surface area (Å²) in [5, 5.41) is 16.0.